The third kappa shape index (κ3) is 2.34. The molecule has 2 fully saturated rings. The van der Waals surface area contributed by atoms with E-state index in [4.69, 9.17) is 6.42 Å². The van der Waals surface area contributed by atoms with Gasteiger partial charge in [0.15, 0.2) is 0 Å². The number of rotatable bonds is 4. The third-order valence-electron chi connectivity index (χ3n) is 3.71. The van der Waals surface area contributed by atoms with Crippen molar-refractivity contribution in [1.29, 1.82) is 0 Å². The lowest BCUT2D eigenvalue weighted by Gasteiger charge is -2.16. The Labute approximate surface area is 91.8 Å². The van der Waals surface area contributed by atoms with Gasteiger partial charge >= 0.3 is 0 Å². The molecule has 0 aromatic heterocycles. The second-order valence-electron chi connectivity index (χ2n) is 4.94. The Kier molecular flexibility index (Phi) is 3.00. The number of carbonyl (C=O) groups is 1. The van der Waals surface area contributed by atoms with E-state index in [0.29, 0.717) is 0 Å². The summed E-state index contributed by atoms with van der Waals surface area (Å²) in [5.41, 5.74) is 0. The Morgan fingerprint density at radius 3 is 2.67 bits per heavy atom. The molecule has 2 saturated carbocycles. The molecule has 0 saturated heterocycles. The number of carbonyl (C=O) groups excluding carboxylic acids is 1. The Morgan fingerprint density at radius 2 is 2.13 bits per heavy atom. The summed E-state index contributed by atoms with van der Waals surface area (Å²) in [5, 5.41) is 2.98. The van der Waals surface area contributed by atoms with Crippen LogP contribution >= 0.6 is 0 Å². The van der Waals surface area contributed by atoms with Crippen molar-refractivity contribution in [2.24, 2.45) is 17.8 Å². The molecule has 3 unspecified atom stereocenters. The highest BCUT2D eigenvalue weighted by molar-refractivity contribution is 5.79. The Balaban J connectivity index is 1.78. The first-order valence-electron chi connectivity index (χ1n) is 6.01. The molecule has 0 aromatic rings. The van der Waals surface area contributed by atoms with E-state index in [9.17, 15) is 4.79 Å². The highest BCUT2D eigenvalue weighted by Gasteiger charge is 2.48. The van der Waals surface area contributed by atoms with E-state index in [2.05, 4.69) is 18.2 Å². The van der Waals surface area contributed by atoms with Gasteiger partial charge < -0.3 is 5.32 Å². The van der Waals surface area contributed by atoms with Crippen molar-refractivity contribution in [2.45, 2.75) is 45.1 Å². The van der Waals surface area contributed by atoms with Crippen LogP contribution in [0.4, 0.5) is 0 Å². The summed E-state index contributed by atoms with van der Waals surface area (Å²) in [7, 11) is 0. The van der Waals surface area contributed by atoms with E-state index < -0.39 is 0 Å². The summed E-state index contributed by atoms with van der Waals surface area (Å²) in [6.45, 7) is 2.08. The maximum absolute atomic E-state index is 11.8. The highest BCUT2D eigenvalue weighted by Crippen LogP contribution is 2.54. The summed E-state index contributed by atoms with van der Waals surface area (Å²) >= 11 is 0. The normalized spacial score (nSPS) is 34.0. The van der Waals surface area contributed by atoms with E-state index >= 15 is 0 Å². The summed E-state index contributed by atoms with van der Waals surface area (Å²) < 4.78 is 0. The molecule has 0 aromatic carbocycles. The largest absolute Gasteiger partial charge is 0.342 e. The highest BCUT2D eigenvalue weighted by atomic mass is 16.1. The van der Waals surface area contributed by atoms with Crippen LogP contribution in [0.3, 0.4) is 0 Å². The predicted molar refractivity (Wildman–Crippen MR) is 60.0 cm³/mol. The Bertz CT molecular complexity index is 281. The summed E-state index contributed by atoms with van der Waals surface area (Å²) in [6.07, 6.45) is 10.8. The van der Waals surface area contributed by atoms with E-state index in [-0.39, 0.29) is 17.9 Å². The average molecular weight is 205 g/mol. The Hall–Kier alpha value is -0.970. The van der Waals surface area contributed by atoms with Gasteiger partial charge in [-0.2, -0.15) is 0 Å². The molecule has 2 heteroatoms. The zero-order chi connectivity index (χ0) is 10.8. The van der Waals surface area contributed by atoms with Crippen LogP contribution < -0.4 is 5.32 Å². The van der Waals surface area contributed by atoms with E-state index in [0.717, 1.165) is 37.5 Å². The number of hydrogen-bond acceptors (Lipinski definition) is 1. The van der Waals surface area contributed by atoms with Gasteiger partial charge in [0, 0.05) is 5.92 Å². The van der Waals surface area contributed by atoms with Crippen molar-refractivity contribution in [1.82, 2.24) is 5.32 Å². The lowest BCUT2D eigenvalue weighted by molar-refractivity contribution is -0.125. The van der Waals surface area contributed by atoms with Crippen molar-refractivity contribution >= 4 is 5.91 Å². The van der Waals surface area contributed by atoms with E-state index in [1.807, 2.05) is 0 Å². The standard InChI is InChI=1S/C13H19NO/c1-3-5-12(4-2)14-13(15)11-7-9-6-10(9)8-11/h2,9-12H,3,5-8H2,1H3,(H,14,15). The first-order chi connectivity index (χ1) is 7.24. The first kappa shape index (κ1) is 10.5. The van der Waals surface area contributed by atoms with Crippen LogP contribution in [0.5, 0.6) is 0 Å². The van der Waals surface area contributed by atoms with Gasteiger partial charge in [-0.05, 0) is 37.5 Å². The summed E-state index contributed by atoms with van der Waals surface area (Å²) in [6, 6.07) is -0.0561. The summed E-state index contributed by atoms with van der Waals surface area (Å²) in [4.78, 5) is 11.8. The van der Waals surface area contributed by atoms with Gasteiger partial charge in [0.1, 0.15) is 0 Å². The molecule has 0 radical (unpaired) electrons. The number of hydrogen-bond donors (Lipinski definition) is 1. The fraction of sp³-hybridized carbons (Fsp3) is 0.769. The van der Waals surface area contributed by atoms with E-state index in [1.54, 1.807) is 0 Å². The molecule has 1 amide bonds. The van der Waals surface area contributed by atoms with Gasteiger partial charge in [0.05, 0.1) is 6.04 Å². The molecule has 0 bridgehead atoms. The maximum atomic E-state index is 11.8. The Morgan fingerprint density at radius 1 is 1.47 bits per heavy atom. The molecule has 2 aliphatic carbocycles. The van der Waals surface area contributed by atoms with Crippen LogP contribution in [-0.2, 0) is 4.79 Å². The molecular formula is C13H19NO. The minimum absolute atomic E-state index is 0.0561. The molecule has 0 heterocycles. The minimum atomic E-state index is -0.0561. The van der Waals surface area contributed by atoms with Gasteiger partial charge in [0.2, 0.25) is 5.91 Å². The molecule has 0 aliphatic heterocycles. The van der Waals surface area contributed by atoms with Gasteiger partial charge in [-0.1, -0.05) is 19.3 Å². The number of amides is 1. The first-order valence-corrected chi connectivity index (χ1v) is 6.01. The predicted octanol–water partition coefficient (Wildman–Crippen LogP) is 1.95. The number of fused-ring (bicyclic) bond motifs is 1. The second-order valence-corrected chi connectivity index (χ2v) is 4.94. The average Bonchev–Trinajstić information content (AvgIpc) is 2.85. The fourth-order valence-corrected chi connectivity index (χ4v) is 2.70. The van der Waals surface area contributed by atoms with Gasteiger partial charge in [0.25, 0.3) is 0 Å². The minimum Gasteiger partial charge on any atom is -0.342 e. The van der Waals surface area contributed by atoms with E-state index in [1.165, 1.54) is 6.42 Å². The fourth-order valence-electron chi connectivity index (χ4n) is 2.70. The maximum Gasteiger partial charge on any atom is 0.224 e. The smallest absolute Gasteiger partial charge is 0.224 e. The van der Waals surface area contributed by atoms with Crippen molar-refractivity contribution in [3.8, 4) is 12.3 Å². The molecule has 0 spiro atoms. The lowest BCUT2D eigenvalue weighted by atomic mass is 10.0. The van der Waals surface area contributed by atoms with Gasteiger partial charge in [-0.15, -0.1) is 6.42 Å². The lowest BCUT2D eigenvalue weighted by Crippen LogP contribution is -2.37. The molecule has 2 nitrogen and oxygen atoms in total. The van der Waals surface area contributed by atoms with Crippen LogP contribution in [-0.4, -0.2) is 11.9 Å². The number of nitrogens with one attached hydrogen (secondary N) is 1. The quantitative estimate of drug-likeness (QED) is 0.698. The van der Waals surface area contributed by atoms with Gasteiger partial charge in [-0.3, -0.25) is 4.79 Å². The van der Waals surface area contributed by atoms with Crippen LogP contribution in [0.15, 0.2) is 0 Å². The monoisotopic (exact) mass is 205 g/mol. The number of terminal acetylenes is 1. The molecule has 2 rings (SSSR count). The van der Waals surface area contributed by atoms with Gasteiger partial charge in [-0.25, -0.2) is 0 Å². The summed E-state index contributed by atoms with van der Waals surface area (Å²) in [5.74, 6) is 4.81. The molecule has 3 atom stereocenters. The van der Waals surface area contributed by atoms with Crippen LogP contribution in [0.2, 0.25) is 0 Å². The molecule has 2 aliphatic rings. The van der Waals surface area contributed by atoms with Crippen molar-refractivity contribution in [3.05, 3.63) is 0 Å². The topological polar surface area (TPSA) is 29.1 Å². The van der Waals surface area contributed by atoms with Crippen LogP contribution in [0, 0.1) is 30.1 Å². The van der Waals surface area contributed by atoms with Crippen molar-refractivity contribution in [2.75, 3.05) is 0 Å². The molecule has 15 heavy (non-hydrogen) atoms. The SMILES string of the molecule is C#CC(CCC)NC(=O)C1CC2CC2C1. The second kappa shape index (κ2) is 4.26. The zero-order valence-electron chi connectivity index (χ0n) is 9.33. The molecular weight excluding hydrogens is 186 g/mol. The molecule has 82 valence electrons. The van der Waals surface area contributed by atoms with Crippen LogP contribution in [0.25, 0.3) is 0 Å². The van der Waals surface area contributed by atoms with Crippen LogP contribution in [0.1, 0.15) is 39.0 Å². The third-order valence-corrected chi connectivity index (χ3v) is 3.71. The van der Waals surface area contributed by atoms with Crippen molar-refractivity contribution < 1.29 is 4.79 Å². The molecule has 1 N–H and O–H groups in total. The zero-order valence-corrected chi connectivity index (χ0v) is 9.33. The van der Waals surface area contributed by atoms with Crippen molar-refractivity contribution in [3.63, 3.8) is 0 Å².